The van der Waals surface area contributed by atoms with Crippen LogP contribution in [0.5, 0.6) is 0 Å². The zero-order chi connectivity index (χ0) is 15.6. The summed E-state index contributed by atoms with van der Waals surface area (Å²) in [6, 6.07) is 0. The molecule has 0 fully saturated rings. The van der Waals surface area contributed by atoms with E-state index in [4.69, 9.17) is 0 Å². The number of carbonyl (C=O) groups excluding carboxylic acids is 1. The third-order valence-corrected chi connectivity index (χ3v) is 6.02. The fourth-order valence-corrected chi connectivity index (χ4v) is 3.82. The van der Waals surface area contributed by atoms with E-state index in [9.17, 15) is 4.79 Å². The largest absolute Gasteiger partial charge is 0.345 e. The highest BCUT2D eigenvalue weighted by molar-refractivity contribution is 8.00. The van der Waals surface area contributed by atoms with Crippen molar-refractivity contribution >= 4 is 17.7 Å². The minimum Gasteiger partial charge on any atom is -0.345 e. The number of nitrogens with zero attached hydrogens (tertiary/aromatic N) is 1. The van der Waals surface area contributed by atoms with Crippen molar-refractivity contribution in [3.63, 3.8) is 0 Å². The summed E-state index contributed by atoms with van der Waals surface area (Å²) in [5, 5.41) is 0. The second-order valence-corrected chi connectivity index (χ2v) is 7.79. The lowest BCUT2D eigenvalue weighted by Gasteiger charge is -2.28. The standard InChI is InChI=1S/C17H35NOS/c1-7-11-17(5,10-4)20-13-12-18(6)16(19)14-15(8-2)9-3/h15H,7-14H2,1-6H3. The summed E-state index contributed by atoms with van der Waals surface area (Å²) in [5.41, 5.74) is 0. The molecule has 0 N–H and O–H groups in total. The molecule has 2 nitrogen and oxygen atoms in total. The number of hydrogen-bond donors (Lipinski definition) is 0. The lowest BCUT2D eigenvalue weighted by molar-refractivity contribution is -0.130. The molecule has 0 rings (SSSR count). The molecule has 1 amide bonds. The van der Waals surface area contributed by atoms with Crippen LogP contribution < -0.4 is 0 Å². The molecule has 0 aliphatic heterocycles. The first-order valence-corrected chi connectivity index (χ1v) is 9.28. The molecule has 1 atom stereocenters. The maximum absolute atomic E-state index is 12.1. The van der Waals surface area contributed by atoms with E-state index in [2.05, 4.69) is 34.6 Å². The maximum atomic E-state index is 12.1. The van der Waals surface area contributed by atoms with Gasteiger partial charge in [0.15, 0.2) is 0 Å². The van der Waals surface area contributed by atoms with E-state index in [1.54, 1.807) is 0 Å². The van der Waals surface area contributed by atoms with Crippen molar-refractivity contribution in [3.8, 4) is 0 Å². The molecule has 0 bridgehead atoms. The van der Waals surface area contributed by atoms with E-state index < -0.39 is 0 Å². The van der Waals surface area contributed by atoms with Gasteiger partial charge in [-0.1, -0.05) is 53.9 Å². The molecule has 0 saturated carbocycles. The Balaban J connectivity index is 4.09. The van der Waals surface area contributed by atoms with Crippen LogP contribution in [-0.2, 0) is 4.79 Å². The molecule has 120 valence electrons. The summed E-state index contributed by atoms with van der Waals surface area (Å²) in [6.07, 6.45) is 6.63. The summed E-state index contributed by atoms with van der Waals surface area (Å²) in [6.45, 7) is 12.1. The van der Waals surface area contributed by atoms with E-state index in [1.165, 1.54) is 19.3 Å². The van der Waals surface area contributed by atoms with Gasteiger partial charge in [-0.2, -0.15) is 11.8 Å². The lowest BCUT2D eigenvalue weighted by atomic mass is 9.99. The Morgan fingerprint density at radius 1 is 1.20 bits per heavy atom. The fourth-order valence-electron chi connectivity index (χ4n) is 2.41. The SMILES string of the molecule is CCCC(C)(CC)SCCN(C)C(=O)CC(CC)CC. The number of rotatable bonds is 11. The first-order chi connectivity index (χ1) is 9.42. The van der Waals surface area contributed by atoms with Gasteiger partial charge >= 0.3 is 0 Å². The summed E-state index contributed by atoms with van der Waals surface area (Å²) >= 11 is 2.03. The van der Waals surface area contributed by atoms with Gasteiger partial charge in [0.05, 0.1) is 0 Å². The zero-order valence-corrected chi connectivity index (χ0v) is 15.3. The van der Waals surface area contributed by atoms with Crippen molar-refractivity contribution in [2.24, 2.45) is 5.92 Å². The molecule has 3 heteroatoms. The topological polar surface area (TPSA) is 20.3 Å². The average Bonchev–Trinajstić information content (AvgIpc) is 2.44. The predicted molar refractivity (Wildman–Crippen MR) is 92.4 cm³/mol. The molecule has 20 heavy (non-hydrogen) atoms. The van der Waals surface area contributed by atoms with E-state index in [-0.39, 0.29) is 0 Å². The highest BCUT2D eigenvalue weighted by atomic mass is 32.2. The second-order valence-electron chi connectivity index (χ2n) is 6.10. The maximum Gasteiger partial charge on any atom is 0.222 e. The van der Waals surface area contributed by atoms with Gasteiger partial charge in [0.25, 0.3) is 0 Å². The number of amides is 1. The molecule has 0 saturated heterocycles. The fraction of sp³-hybridized carbons (Fsp3) is 0.941. The Kier molecular flexibility index (Phi) is 10.4. The highest BCUT2D eigenvalue weighted by Crippen LogP contribution is 2.33. The normalized spacial score (nSPS) is 14.3. The predicted octanol–water partition coefficient (Wildman–Crippen LogP) is 4.97. The molecule has 0 heterocycles. The number of thioether (sulfide) groups is 1. The summed E-state index contributed by atoms with van der Waals surface area (Å²) in [4.78, 5) is 14.1. The minimum atomic E-state index is 0.313. The minimum absolute atomic E-state index is 0.313. The van der Waals surface area contributed by atoms with Crippen molar-refractivity contribution < 1.29 is 4.79 Å². The Morgan fingerprint density at radius 3 is 2.25 bits per heavy atom. The molecule has 0 radical (unpaired) electrons. The van der Waals surface area contributed by atoms with Gasteiger partial charge in [0.2, 0.25) is 5.91 Å². The van der Waals surface area contributed by atoms with Crippen LogP contribution in [-0.4, -0.2) is 34.9 Å². The van der Waals surface area contributed by atoms with E-state index in [0.29, 0.717) is 23.0 Å². The molecule has 0 aromatic heterocycles. The molecule has 0 aromatic rings. The van der Waals surface area contributed by atoms with Gasteiger partial charge in [-0.3, -0.25) is 4.79 Å². The third kappa shape index (κ3) is 7.56. The zero-order valence-electron chi connectivity index (χ0n) is 14.5. The van der Waals surface area contributed by atoms with Crippen LogP contribution in [0, 0.1) is 5.92 Å². The van der Waals surface area contributed by atoms with Crippen LogP contribution in [0.2, 0.25) is 0 Å². The van der Waals surface area contributed by atoms with Gasteiger partial charge in [0.1, 0.15) is 0 Å². The molecule has 0 spiro atoms. The van der Waals surface area contributed by atoms with Crippen molar-refractivity contribution in [3.05, 3.63) is 0 Å². The van der Waals surface area contributed by atoms with Crippen molar-refractivity contribution in [2.45, 2.75) is 77.9 Å². The molecule has 0 aromatic carbocycles. The number of carbonyl (C=O) groups is 1. The van der Waals surface area contributed by atoms with Crippen LogP contribution in [0.1, 0.15) is 73.1 Å². The van der Waals surface area contributed by atoms with Crippen LogP contribution in [0.3, 0.4) is 0 Å². The molecular formula is C17H35NOS. The lowest BCUT2D eigenvalue weighted by Crippen LogP contribution is -2.31. The summed E-state index contributed by atoms with van der Waals surface area (Å²) < 4.78 is 0.383. The Hall–Kier alpha value is -0.180. The van der Waals surface area contributed by atoms with Crippen molar-refractivity contribution in [1.29, 1.82) is 0 Å². The monoisotopic (exact) mass is 301 g/mol. The first-order valence-electron chi connectivity index (χ1n) is 8.30. The van der Waals surface area contributed by atoms with Gasteiger partial charge in [-0.05, 0) is 18.8 Å². The van der Waals surface area contributed by atoms with Gasteiger partial charge in [0, 0.05) is 30.5 Å². The molecule has 0 aliphatic carbocycles. The summed E-state index contributed by atoms with van der Waals surface area (Å²) in [5.74, 6) is 1.92. The Bertz CT molecular complexity index is 266. The van der Waals surface area contributed by atoms with Gasteiger partial charge < -0.3 is 4.90 Å². The van der Waals surface area contributed by atoms with Crippen LogP contribution in [0.4, 0.5) is 0 Å². The Morgan fingerprint density at radius 2 is 1.80 bits per heavy atom. The molecule has 1 unspecified atom stereocenters. The van der Waals surface area contributed by atoms with Gasteiger partial charge in [-0.25, -0.2) is 0 Å². The van der Waals surface area contributed by atoms with Crippen molar-refractivity contribution in [2.75, 3.05) is 19.3 Å². The molecular weight excluding hydrogens is 266 g/mol. The third-order valence-electron chi connectivity index (χ3n) is 4.45. The average molecular weight is 302 g/mol. The van der Waals surface area contributed by atoms with Gasteiger partial charge in [-0.15, -0.1) is 0 Å². The Labute approximate surface area is 131 Å². The van der Waals surface area contributed by atoms with E-state index in [0.717, 1.165) is 25.1 Å². The van der Waals surface area contributed by atoms with Crippen LogP contribution >= 0.6 is 11.8 Å². The van der Waals surface area contributed by atoms with Crippen LogP contribution in [0.15, 0.2) is 0 Å². The smallest absolute Gasteiger partial charge is 0.222 e. The highest BCUT2D eigenvalue weighted by Gasteiger charge is 2.22. The molecule has 0 aliphatic rings. The summed E-state index contributed by atoms with van der Waals surface area (Å²) in [7, 11) is 1.95. The number of hydrogen-bond acceptors (Lipinski definition) is 2. The van der Waals surface area contributed by atoms with Crippen molar-refractivity contribution in [1.82, 2.24) is 4.90 Å². The first kappa shape index (κ1) is 19.8. The van der Waals surface area contributed by atoms with Crippen LogP contribution in [0.25, 0.3) is 0 Å². The second kappa shape index (κ2) is 10.5. The quantitative estimate of drug-likeness (QED) is 0.537. The van der Waals surface area contributed by atoms with E-state index >= 15 is 0 Å². The van der Waals surface area contributed by atoms with E-state index in [1.807, 2.05) is 23.7 Å².